The summed E-state index contributed by atoms with van der Waals surface area (Å²) >= 11 is 1.15. The molecule has 1 aromatic heterocycles. The number of hydrogen-bond acceptors (Lipinski definition) is 5. The Labute approximate surface area is 82.8 Å². The van der Waals surface area contributed by atoms with Crippen molar-refractivity contribution < 1.29 is 24.9 Å². The highest BCUT2D eigenvalue weighted by atomic mass is 32.1. The van der Waals surface area contributed by atoms with Crippen molar-refractivity contribution in [2.24, 2.45) is 0 Å². The average Bonchev–Trinajstić information content (AvgIpc) is 2.53. The Balaban J connectivity index is 0.00000169. The number of carbonyl (C=O) groups is 2. The van der Waals surface area contributed by atoms with Crippen molar-refractivity contribution in [3.63, 3.8) is 0 Å². The third kappa shape index (κ3) is 4.33. The molecule has 0 unspecified atom stereocenters. The fourth-order valence-electron chi connectivity index (χ4n) is 0.520. The molecule has 0 spiro atoms. The van der Waals surface area contributed by atoms with Crippen LogP contribution in [0.5, 0.6) is 5.19 Å². The van der Waals surface area contributed by atoms with Crippen LogP contribution in [0.4, 0.5) is 0 Å². The van der Waals surface area contributed by atoms with Gasteiger partial charge >= 0.3 is 11.9 Å². The lowest BCUT2D eigenvalue weighted by atomic mass is 10.5. The number of esters is 1. The number of hydrogen-bond donors (Lipinski definition) is 1. The molecular weight excluding hydrogens is 210 g/mol. The van der Waals surface area contributed by atoms with E-state index in [9.17, 15) is 9.59 Å². The lowest BCUT2D eigenvalue weighted by Crippen LogP contribution is -2.04. The van der Waals surface area contributed by atoms with E-state index in [1.54, 1.807) is 5.38 Å². The van der Waals surface area contributed by atoms with Crippen LogP contribution in [0.1, 0.15) is 0 Å². The van der Waals surface area contributed by atoms with Crippen molar-refractivity contribution in [1.82, 2.24) is 4.98 Å². The summed E-state index contributed by atoms with van der Waals surface area (Å²) in [7, 11) is 0. The Bertz CT molecular complexity index is 332. The summed E-state index contributed by atoms with van der Waals surface area (Å²) in [5, 5.41) is 10.0. The monoisotopic (exact) mass is 217 g/mol. The van der Waals surface area contributed by atoms with Gasteiger partial charge in [-0.2, -0.15) is 0 Å². The standard InChI is InChI=1S/C7H5NO4S.H2O/c9-5(10)1-2-6(11)12-7-8-3-4-13-7;/h1-4H,(H,9,10);1H2/b2-1-;. The Morgan fingerprint density at radius 3 is 2.71 bits per heavy atom. The minimum Gasteiger partial charge on any atom is -0.478 e. The molecular formula is C7H7NO5S. The van der Waals surface area contributed by atoms with E-state index in [0.717, 1.165) is 17.4 Å². The quantitative estimate of drug-likeness (QED) is 0.560. The number of carboxylic acids is 1. The first-order valence-electron chi connectivity index (χ1n) is 3.21. The second-order valence-electron chi connectivity index (χ2n) is 1.89. The highest BCUT2D eigenvalue weighted by molar-refractivity contribution is 7.11. The van der Waals surface area contributed by atoms with Gasteiger partial charge in [-0.3, -0.25) is 0 Å². The summed E-state index contributed by atoms with van der Waals surface area (Å²) in [4.78, 5) is 24.5. The summed E-state index contributed by atoms with van der Waals surface area (Å²) < 4.78 is 4.62. The number of aliphatic carboxylic acids is 1. The summed E-state index contributed by atoms with van der Waals surface area (Å²) in [5.41, 5.74) is 0. The number of carboxylic acid groups (broad SMARTS) is 1. The molecule has 6 nitrogen and oxygen atoms in total. The van der Waals surface area contributed by atoms with Crippen molar-refractivity contribution in [3.8, 4) is 5.19 Å². The Kier molecular flexibility index (Phi) is 5.12. The second-order valence-corrected chi connectivity index (χ2v) is 2.75. The molecule has 0 aromatic carbocycles. The number of aromatic nitrogens is 1. The topological polar surface area (TPSA) is 108 Å². The molecule has 3 N–H and O–H groups in total. The van der Waals surface area contributed by atoms with E-state index in [4.69, 9.17) is 5.11 Å². The molecule has 0 saturated carbocycles. The molecule has 0 aliphatic heterocycles. The van der Waals surface area contributed by atoms with Crippen LogP contribution in [0.25, 0.3) is 0 Å². The molecule has 14 heavy (non-hydrogen) atoms. The third-order valence-electron chi connectivity index (χ3n) is 0.960. The highest BCUT2D eigenvalue weighted by Crippen LogP contribution is 2.13. The minimum absolute atomic E-state index is 0. The zero-order valence-corrected chi connectivity index (χ0v) is 7.65. The third-order valence-corrected chi connectivity index (χ3v) is 1.61. The molecule has 7 heteroatoms. The van der Waals surface area contributed by atoms with E-state index < -0.39 is 11.9 Å². The molecule has 0 bridgehead atoms. The number of carbonyl (C=O) groups excluding carboxylic acids is 1. The van der Waals surface area contributed by atoms with Crippen LogP contribution in [0.3, 0.4) is 0 Å². The van der Waals surface area contributed by atoms with Gasteiger partial charge in [0, 0.05) is 23.7 Å². The van der Waals surface area contributed by atoms with Crippen molar-refractivity contribution in [1.29, 1.82) is 0 Å². The SMILES string of the molecule is O.O=C(O)/C=C\C(=O)Oc1nccs1. The zero-order valence-electron chi connectivity index (χ0n) is 6.84. The van der Waals surface area contributed by atoms with Crippen LogP contribution < -0.4 is 4.74 Å². The Morgan fingerprint density at radius 2 is 2.21 bits per heavy atom. The van der Waals surface area contributed by atoms with E-state index in [1.807, 2.05) is 0 Å². The van der Waals surface area contributed by atoms with Gasteiger partial charge in [0.2, 0.25) is 0 Å². The molecule has 1 aromatic rings. The van der Waals surface area contributed by atoms with Gasteiger partial charge in [-0.1, -0.05) is 11.3 Å². The number of ether oxygens (including phenoxy) is 1. The molecule has 0 aliphatic rings. The van der Waals surface area contributed by atoms with Crippen molar-refractivity contribution in [2.45, 2.75) is 0 Å². The molecule has 76 valence electrons. The molecule has 0 atom stereocenters. The summed E-state index contributed by atoms with van der Waals surface area (Å²) in [5.74, 6) is -1.95. The van der Waals surface area contributed by atoms with Gasteiger partial charge in [-0.15, -0.1) is 0 Å². The fourth-order valence-corrected chi connectivity index (χ4v) is 1.01. The summed E-state index contributed by atoms with van der Waals surface area (Å²) in [6.07, 6.45) is 3.01. The molecule has 0 amide bonds. The molecule has 0 fully saturated rings. The van der Waals surface area contributed by atoms with Gasteiger partial charge < -0.3 is 15.3 Å². The van der Waals surface area contributed by atoms with Gasteiger partial charge in [-0.25, -0.2) is 14.6 Å². The molecule has 0 saturated heterocycles. The highest BCUT2D eigenvalue weighted by Gasteiger charge is 2.02. The van der Waals surface area contributed by atoms with Crippen molar-refractivity contribution in [3.05, 3.63) is 23.7 Å². The van der Waals surface area contributed by atoms with Gasteiger partial charge in [0.05, 0.1) is 0 Å². The van der Waals surface area contributed by atoms with Crippen LogP contribution in [-0.2, 0) is 9.59 Å². The number of rotatable bonds is 3. The van der Waals surface area contributed by atoms with E-state index in [-0.39, 0.29) is 10.7 Å². The van der Waals surface area contributed by atoms with Crippen LogP contribution in [0.2, 0.25) is 0 Å². The first-order chi connectivity index (χ1) is 6.18. The van der Waals surface area contributed by atoms with Crippen LogP contribution in [0.15, 0.2) is 23.7 Å². The predicted octanol–water partition coefficient (Wildman–Crippen LogP) is -0.135. The lowest BCUT2D eigenvalue weighted by Gasteiger charge is -1.92. The Morgan fingerprint density at radius 1 is 1.50 bits per heavy atom. The number of nitrogens with zero attached hydrogens (tertiary/aromatic N) is 1. The van der Waals surface area contributed by atoms with Gasteiger partial charge in [0.1, 0.15) is 0 Å². The van der Waals surface area contributed by atoms with E-state index in [2.05, 4.69) is 9.72 Å². The van der Waals surface area contributed by atoms with Crippen molar-refractivity contribution >= 4 is 23.3 Å². The number of thiazole rings is 1. The van der Waals surface area contributed by atoms with Crippen LogP contribution in [-0.4, -0.2) is 27.5 Å². The van der Waals surface area contributed by atoms with E-state index >= 15 is 0 Å². The van der Waals surface area contributed by atoms with E-state index in [1.165, 1.54) is 6.20 Å². The molecule has 0 radical (unpaired) electrons. The van der Waals surface area contributed by atoms with Crippen molar-refractivity contribution in [2.75, 3.05) is 0 Å². The summed E-state index contributed by atoms with van der Waals surface area (Å²) in [6, 6.07) is 0. The second kappa shape index (κ2) is 5.84. The van der Waals surface area contributed by atoms with Crippen LogP contribution >= 0.6 is 11.3 Å². The normalized spacial score (nSPS) is 9.43. The van der Waals surface area contributed by atoms with Gasteiger partial charge in [-0.05, 0) is 0 Å². The lowest BCUT2D eigenvalue weighted by molar-refractivity contribution is -0.133. The maximum Gasteiger partial charge on any atom is 0.338 e. The minimum atomic E-state index is -1.20. The molecule has 1 rings (SSSR count). The zero-order chi connectivity index (χ0) is 9.68. The Hall–Kier alpha value is -1.73. The largest absolute Gasteiger partial charge is 0.478 e. The summed E-state index contributed by atoms with van der Waals surface area (Å²) in [6.45, 7) is 0. The van der Waals surface area contributed by atoms with Gasteiger partial charge in [0.15, 0.2) is 0 Å². The molecule has 0 aliphatic carbocycles. The van der Waals surface area contributed by atoms with Gasteiger partial charge in [0.25, 0.3) is 5.19 Å². The van der Waals surface area contributed by atoms with E-state index in [0.29, 0.717) is 6.08 Å². The fraction of sp³-hybridized carbons (Fsp3) is 0. The molecule has 1 heterocycles. The predicted molar refractivity (Wildman–Crippen MR) is 48.1 cm³/mol. The smallest absolute Gasteiger partial charge is 0.338 e. The first kappa shape index (κ1) is 12.3. The van der Waals surface area contributed by atoms with Crippen LogP contribution in [0, 0.1) is 0 Å². The average molecular weight is 217 g/mol. The maximum atomic E-state index is 10.8. The maximum absolute atomic E-state index is 10.8. The first-order valence-corrected chi connectivity index (χ1v) is 4.09.